The molecule has 1 aliphatic rings. The van der Waals surface area contributed by atoms with Gasteiger partial charge in [-0.2, -0.15) is 0 Å². The molecule has 82 valence electrons. The van der Waals surface area contributed by atoms with E-state index in [2.05, 4.69) is 43.2 Å². The zero-order valence-corrected chi connectivity index (χ0v) is 10.6. The van der Waals surface area contributed by atoms with Crippen LogP contribution in [0, 0.1) is 6.92 Å². The van der Waals surface area contributed by atoms with Crippen LogP contribution in [-0.2, 0) is 0 Å². The van der Waals surface area contributed by atoms with E-state index in [0.29, 0.717) is 6.04 Å². The van der Waals surface area contributed by atoms with Gasteiger partial charge in [-0.25, -0.2) is 9.97 Å². The van der Waals surface area contributed by atoms with Crippen molar-refractivity contribution in [2.24, 2.45) is 0 Å². The summed E-state index contributed by atoms with van der Waals surface area (Å²) in [5.74, 6) is 1.79. The van der Waals surface area contributed by atoms with Gasteiger partial charge in [0.05, 0.1) is 4.47 Å². The lowest BCUT2D eigenvalue weighted by Gasteiger charge is -2.25. The SMILES string of the molecule is Cc1ncc(Br)c(N(C)C2CCNC2)n1. The van der Waals surface area contributed by atoms with Gasteiger partial charge in [0.15, 0.2) is 0 Å². The Morgan fingerprint density at radius 3 is 3.07 bits per heavy atom. The van der Waals surface area contributed by atoms with Crippen LogP contribution in [-0.4, -0.2) is 36.1 Å². The molecule has 1 N–H and O–H groups in total. The van der Waals surface area contributed by atoms with Crippen molar-refractivity contribution in [2.75, 3.05) is 25.0 Å². The molecule has 1 aliphatic heterocycles. The van der Waals surface area contributed by atoms with E-state index in [4.69, 9.17) is 0 Å². The van der Waals surface area contributed by atoms with E-state index < -0.39 is 0 Å². The van der Waals surface area contributed by atoms with Crippen LogP contribution in [0.3, 0.4) is 0 Å². The third kappa shape index (κ3) is 2.29. The highest BCUT2D eigenvalue weighted by atomic mass is 79.9. The lowest BCUT2D eigenvalue weighted by Crippen LogP contribution is -2.34. The molecule has 1 aromatic heterocycles. The van der Waals surface area contributed by atoms with Gasteiger partial charge in [-0.3, -0.25) is 0 Å². The van der Waals surface area contributed by atoms with Crippen LogP contribution in [0.2, 0.25) is 0 Å². The quantitative estimate of drug-likeness (QED) is 0.881. The zero-order chi connectivity index (χ0) is 10.8. The van der Waals surface area contributed by atoms with Gasteiger partial charge in [0, 0.05) is 25.8 Å². The number of hydrogen-bond acceptors (Lipinski definition) is 4. The molecule has 1 unspecified atom stereocenters. The number of aromatic nitrogens is 2. The van der Waals surface area contributed by atoms with E-state index in [1.54, 1.807) is 0 Å². The first kappa shape index (κ1) is 10.8. The number of nitrogens with zero attached hydrogens (tertiary/aromatic N) is 3. The van der Waals surface area contributed by atoms with Crippen molar-refractivity contribution in [1.82, 2.24) is 15.3 Å². The van der Waals surface area contributed by atoms with Gasteiger partial charge >= 0.3 is 0 Å². The number of anilines is 1. The Kier molecular flexibility index (Phi) is 3.21. The van der Waals surface area contributed by atoms with E-state index in [0.717, 1.165) is 29.2 Å². The first-order valence-electron chi connectivity index (χ1n) is 5.11. The van der Waals surface area contributed by atoms with Crippen molar-refractivity contribution in [3.8, 4) is 0 Å². The lowest BCUT2D eigenvalue weighted by molar-refractivity contribution is 0.674. The summed E-state index contributed by atoms with van der Waals surface area (Å²) >= 11 is 3.49. The van der Waals surface area contributed by atoms with Gasteiger partial charge in [-0.05, 0) is 35.8 Å². The van der Waals surface area contributed by atoms with Crippen LogP contribution in [0.25, 0.3) is 0 Å². The van der Waals surface area contributed by atoms with E-state index in [-0.39, 0.29) is 0 Å². The van der Waals surface area contributed by atoms with E-state index in [1.807, 2.05) is 13.1 Å². The van der Waals surface area contributed by atoms with Gasteiger partial charge in [0.1, 0.15) is 11.6 Å². The van der Waals surface area contributed by atoms with Gasteiger partial charge in [0.2, 0.25) is 0 Å². The van der Waals surface area contributed by atoms with Gasteiger partial charge in [0.25, 0.3) is 0 Å². The summed E-state index contributed by atoms with van der Waals surface area (Å²) in [5.41, 5.74) is 0. The molecule has 15 heavy (non-hydrogen) atoms. The van der Waals surface area contributed by atoms with Gasteiger partial charge in [-0.15, -0.1) is 0 Å². The molecule has 0 aromatic carbocycles. The molecule has 0 spiro atoms. The van der Waals surface area contributed by atoms with Crippen molar-refractivity contribution in [1.29, 1.82) is 0 Å². The van der Waals surface area contributed by atoms with Crippen molar-refractivity contribution >= 4 is 21.7 Å². The Balaban J connectivity index is 2.23. The summed E-state index contributed by atoms with van der Waals surface area (Å²) in [6.45, 7) is 4.04. The molecular weight excluding hydrogens is 256 g/mol. The number of nitrogens with one attached hydrogen (secondary N) is 1. The smallest absolute Gasteiger partial charge is 0.146 e. The molecule has 2 rings (SSSR count). The summed E-state index contributed by atoms with van der Waals surface area (Å²) in [6.07, 6.45) is 2.99. The predicted molar refractivity (Wildman–Crippen MR) is 64.1 cm³/mol. The maximum atomic E-state index is 4.46. The molecule has 1 atom stereocenters. The van der Waals surface area contributed by atoms with Crippen LogP contribution in [0.4, 0.5) is 5.82 Å². The number of aryl methyl sites for hydroxylation is 1. The third-order valence-electron chi connectivity index (χ3n) is 2.76. The topological polar surface area (TPSA) is 41.1 Å². The fraction of sp³-hybridized carbons (Fsp3) is 0.600. The maximum Gasteiger partial charge on any atom is 0.146 e. The van der Waals surface area contributed by atoms with E-state index in [9.17, 15) is 0 Å². The minimum atomic E-state index is 0.538. The van der Waals surface area contributed by atoms with Crippen molar-refractivity contribution in [3.63, 3.8) is 0 Å². The number of rotatable bonds is 2. The summed E-state index contributed by atoms with van der Waals surface area (Å²) in [4.78, 5) is 10.8. The van der Waals surface area contributed by atoms with Crippen molar-refractivity contribution in [3.05, 3.63) is 16.5 Å². The van der Waals surface area contributed by atoms with Crippen LogP contribution >= 0.6 is 15.9 Å². The van der Waals surface area contributed by atoms with Crippen molar-refractivity contribution < 1.29 is 0 Å². The second-order valence-corrected chi connectivity index (χ2v) is 4.70. The first-order chi connectivity index (χ1) is 7.18. The average Bonchev–Trinajstić information content (AvgIpc) is 2.74. The molecule has 0 radical (unpaired) electrons. The van der Waals surface area contributed by atoms with E-state index >= 15 is 0 Å². The first-order valence-corrected chi connectivity index (χ1v) is 5.90. The van der Waals surface area contributed by atoms with Crippen LogP contribution in [0.5, 0.6) is 0 Å². The molecule has 1 fully saturated rings. The normalized spacial score (nSPS) is 20.6. The summed E-state index contributed by atoms with van der Waals surface area (Å²) < 4.78 is 0.961. The Bertz CT molecular complexity index is 349. The fourth-order valence-corrected chi connectivity index (χ4v) is 2.30. The molecule has 0 saturated carbocycles. The summed E-state index contributed by atoms with van der Waals surface area (Å²) in [5, 5.41) is 3.36. The standard InChI is InChI=1S/C10H15BrN4/c1-7-13-6-9(11)10(14-7)15(2)8-3-4-12-5-8/h6,8,12H,3-5H2,1-2H3. The molecule has 1 saturated heterocycles. The molecule has 0 bridgehead atoms. The van der Waals surface area contributed by atoms with Crippen molar-refractivity contribution in [2.45, 2.75) is 19.4 Å². The minimum absolute atomic E-state index is 0.538. The predicted octanol–water partition coefficient (Wildman–Crippen LogP) is 1.35. The largest absolute Gasteiger partial charge is 0.354 e. The number of halogens is 1. The highest BCUT2D eigenvalue weighted by Crippen LogP contribution is 2.24. The van der Waals surface area contributed by atoms with Crippen LogP contribution in [0.1, 0.15) is 12.2 Å². The Hall–Kier alpha value is -0.680. The number of hydrogen-bond donors (Lipinski definition) is 1. The highest BCUT2D eigenvalue weighted by Gasteiger charge is 2.21. The van der Waals surface area contributed by atoms with Gasteiger partial charge in [-0.1, -0.05) is 0 Å². The average molecular weight is 271 g/mol. The van der Waals surface area contributed by atoms with Gasteiger partial charge < -0.3 is 10.2 Å². The molecular formula is C10H15BrN4. The molecule has 5 heteroatoms. The second kappa shape index (κ2) is 4.45. The highest BCUT2D eigenvalue weighted by molar-refractivity contribution is 9.10. The zero-order valence-electron chi connectivity index (χ0n) is 9.00. The van der Waals surface area contributed by atoms with Crippen LogP contribution < -0.4 is 10.2 Å². The third-order valence-corrected chi connectivity index (χ3v) is 3.32. The molecule has 1 aromatic rings. The van der Waals surface area contributed by atoms with Crippen LogP contribution in [0.15, 0.2) is 10.7 Å². The Morgan fingerprint density at radius 2 is 2.40 bits per heavy atom. The molecule has 2 heterocycles. The summed E-state index contributed by atoms with van der Waals surface area (Å²) in [7, 11) is 2.09. The summed E-state index contributed by atoms with van der Waals surface area (Å²) in [6, 6.07) is 0.538. The second-order valence-electron chi connectivity index (χ2n) is 3.85. The molecule has 0 amide bonds. The number of likely N-dealkylation sites (N-methyl/N-ethyl adjacent to an activating group) is 1. The molecule has 0 aliphatic carbocycles. The Labute approximate surface area is 98.2 Å². The Morgan fingerprint density at radius 1 is 1.60 bits per heavy atom. The fourth-order valence-electron chi connectivity index (χ4n) is 1.83. The van der Waals surface area contributed by atoms with E-state index in [1.165, 1.54) is 6.42 Å². The monoisotopic (exact) mass is 270 g/mol. The lowest BCUT2D eigenvalue weighted by atomic mass is 10.2. The molecule has 4 nitrogen and oxygen atoms in total. The minimum Gasteiger partial charge on any atom is -0.354 e. The maximum absolute atomic E-state index is 4.46.